The van der Waals surface area contributed by atoms with Crippen molar-refractivity contribution in [1.82, 2.24) is 14.9 Å². The predicted molar refractivity (Wildman–Crippen MR) is 116 cm³/mol. The van der Waals surface area contributed by atoms with E-state index >= 15 is 0 Å². The van der Waals surface area contributed by atoms with Gasteiger partial charge in [-0.1, -0.05) is 18.2 Å². The van der Waals surface area contributed by atoms with E-state index < -0.39 is 0 Å². The topological polar surface area (TPSA) is 75.6 Å². The third-order valence-electron chi connectivity index (χ3n) is 5.73. The van der Waals surface area contributed by atoms with E-state index in [-0.39, 0.29) is 11.8 Å². The van der Waals surface area contributed by atoms with E-state index in [1.165, 1.54) is 0 Å². The third-order valence-corrected chi connectivity index (χ3v) is 5.73. The van der Waals surface area contributed by atoms with Gasteiger partial charge >= 0.3 is 0 Å². The minimum Gasteiger partial charge on any atom is -0.467 e. The number of anilines is 1. The van der Waals surface area contributed by atoms with Crippen LogP contribution in [0.5, 0.6) is 0 Å². The average Bonchev–Trinajstić information content (AvgIpc) is 3.49. The van der Waals surface area contributed by atoms with Crippen molar-refractivity contribution in [2.45, 2.75) is 25.9 Å². The molecule has 7 heteroatoms. The van der Waals surface area contributed by atoms with Crippen LogP contribution in [0.2, 0.25) is 0 Å². The molecule has 0 atom stereocenters. The second-order valence-corrected chi connectivity index (χ2v) is 7.86. The van der Waals surface area contributed by atoms with Crippen molar-refractivity contribution in [3.63, 3.8) is 0 Å². The molecule has 1 saturated heterocycles. The van der Waals surface area contributed by atoms with Crippen molar-refractivity contribution >= 4 is 23.0 Å². The SMILES string of the molecule is O=C(C1CCN(c2nc3ccccc3o2)CC1)N(Cc1cccnc1)Cc1ccco1. The second-order valence-electron chi connectivity index (χ2n) is 7.86. The van der Waals surface area contributed by atoms with Crippen molar-refractivity contribution in [3.8, 4) is 0 Å². The van der Waals surface area contributed by atoms with Crippen LogP contribution in [0.25, 0.3) is 11.1 Å². The minimum absolute atomic E-state index is 0.0349. The highest BCUT2D eigenvalue weighted by atomic mass is 16.4. The average molecular weight is 416 g/mol. The Balaban J connectivity index is 1.27. The molecular formula is C24H24N4O3. The fourth-order valence-corrected chi connectivity index (χ4v) is 4.09. The number of piperidine rings is 1. The number of nitrogens with zero attached hydrogens (tertiary/aromatic N) is 4. The Morgan fingerprint density at radius 3 is 2.68 bits per heavy atom. The lowest BCUT2D eigenvalue weighted by Crippen LogP contribution is -2.42. The minimum atomic E-state index is -0.0349. The molecular weight excluding hydrogens is 392 g/mol. The maximum absolute atomic E-state index is 13.4. The van der Waals surface area contributed by atoms with Gasteiger partial charge in [-0.3, -0.25) is 9.78 Å². The molecule has 0 N–H and O–H groups in total. The van der Waals surface area contributed by atoms with Crippen LogP contribution < -0.4 is 4.90 Å². The fraction of sp³-hybridized carbons (Fsp3) is 0.292. The summed E-state index contributed by atoms with van der Waals surface area (Å²) in [4.78, 5) is 26.2. The van der Waals surface area contributed by atoms with E-state index in [0.717, 1.165) is 48.4 Å². The van der Waals surface area contributed by atoms with Crippen LogP contribution in [0.4, 0.5) is 6.01 Å². The lowest BCUT2D eigenvalue weighted by molar-refractivity contribution is -0.137. The molecule has 1 aromatic carbocycles. The first-order valence-corrected chi connectivity index (χ1v) is 10.6. The zero-order chi connectivity index (χ0) is 21.0. The number of carbonyl (C=O) groups is 1. The molecule has 0 radical (unpaired) electrons. The summed E-state index contributed by atoms with van der Waals surface area (Å²) in [5.41, 5.74) is 2.65. The molecule has 1 aliphatic rings. The van der Waals surface area contributed by atoms with E-state index in [1.807, 2.05) is 53.4 Å². The van der Waals surface area contributed by atoms with Gasteiger partial charge in [0.15, 0.2) is 5.58 Å². The molecule has 0 aliphatic carbocycles. The standard InChI is InChI=1S/C24H24N4O3/c29-23(28(17-20-6-4-14-30-20)16-18-5-3-11-25-15-18)19-9-12-27(13-10-19)24-26-21-7-1-2-8-22(21)31-24/h1-8,11,14-15,19H,9-10,12-13,16-17H2. The van der Waals surface area contributed by atoms with E-state index in [9.17, 15) is 4.79 Å². The van der Waals surface area contributed by atoms with E-state index in [1.54, 1.807) is 18.7 Å². The fourth-order valence-electron chi connectivity index (χ4n) is 4.09. The van der Waals surface area contributed by atoms with Gasteiger partial charge in [0.1, 0.15) is 11.3 Å². The Hall–Kier alpha value is -3.61. The van der Waals surface area contributed by atoms with Crippen LogP contribution in [0.3, 0.4) is 0 Å². The number of benzene rings is 1. The number of rotatable bonds is 6. The van der Waals surface area contributed by atoms with Crippen molar-refractivity contribution in [2.24, 2.45) is 5.92 Å². The highest BCUT2D eigenvalue weighted by Crippen LogP contribution is 2.28. The van der Waals surface area contributed by atoms with Gasteiger partial charge < -0.3 is 18.6 Å². The largest absolute Gasteiger partial charge is 0.467 e. The van der Waals surface area contributed by atoms with Gasteiger partial charge in [-0.05, 0) is 48.7 Å². The van der Waals surface area contributed by atoms with Crippen molar-refractivity contribution in [1.29, 1.82) is 0 Å². The first kappa shape index (κ1) is 19.4. The van der Waals surface area contributed by atoms with Crippen LogP contribution in [-0.2, 0) is 17.9 Å². The Labute approximate surface area is 180 Å². The summed E-state index contributed by atoms with van der Waals surface area (Å²) in [6, 6.07) is 16.0. The van der Waals surface area contributed by atoms with E-state index in [2.05, 4.69) is 14.9 Å². The number of pyridine rings is 1. The van der Waals surface area contributed by atoms with Crippen LogP contribution in [-0.4, -0.2) is 33.9 Å². The van der Waals surface area contributed by atoms with Gasteiger partial charge in [0, 0.05) is 37.9 Å². The summed E-state index contributed by atoms with van der Waals surface area (Å²) in [6.07, 6.45) is 6.71. The molecule has 0 bridgehead atoms. The Bertz CT molecular complexity index is 1100. The first-order chi connectivity index (χ1) is 15.3. The van der Waals surface area contributed by atoms with Crippen molar-refractivity contribution < 1.29 is 13.6 Å². The number of furan rings is 1. The highest BCUT2D eigenvalue weighted by Gasteiger charge is 2.30. The lowest BCUT2D eigenvalue weighted by atomic mass is 9.95. The van der Waals surface area contributed by atoms with E-state index in [4.69, 9.17) is 8.83 Å². The third kappa shape index (κ3) is 4.30. The van der Waals surface area contributed by atoms with Crippen LogP contribution in [0.1, 0.15) is 24.2 Å². The number of hydrogen-bond acceptors (Lipinski definition) is 6. The number of fused-ring (bicyclic) bond motifs is 1. The summed E-state index contributed by atoms with van der Waals surface area (Å²) in [5.74, 6) is 0.894. The highest BCUT2D eigenvalue weighted by molar-refractivity contribution is 5.79. The zero-order valence-electron chi connectivity index (χ0n) is 17.2. The molecule has 7 nitrogen and oxygen atoms in total. The van der Waals surface area contributed by atoms with Gasteiger partial charge in [0.05, 0.1) is 12.8 Å². The summed E-state index contributed by atoms with van der Waals surface area (Å²) in [7, 11) is 0. The Morgan fingerprint density at radius 1 is 1.06 bits per heavy atom. The molecule has 31 heavy (non-hydrogen) atoms. The number of oxazole rings is 1. The number of para-hydroxylation sites is 2. The molecule has 4 heterocycles. The Morgan fingerprint density at radius 2 is 1.94 bits per heavy atom. The maximum atomic E-state index is 13.4. The molecule has 1 amide bonds. The number of carbonyl (C=O) groups excluding carboxylic acids is 1. The van der Waals surface area contributed by atoms with Gasteiger partial charge in [-0.15, -0.1) is 0 Å². The zero-order valence-corrected chi connectivity index (χ0v) is 17.2. The lowest BCUT2D eigenvalue weighted by Gasteiger charge is -2.33. The molecule has 0 spiro atoms. The maximum Gasteiger partial charge on any atom is 0.298 e. The summed E-state index contributed by atoms with van der Waals surface area (Å²) in [6.45, 7) is 2.44. The van der Waals surface area contributed by atoms with E-state index in [0.29, 0.717) is 19.1 Å². The molecule has 1 fully saturated rings. The summed E-state index contributed by atoms with van der Waals surface area (Å²) < 4.78 is 11.4. The van der Waals surface area contributed by atoms with Crippen LogP contribution >= 0.6 is 0 Å². The Kier molecular flexibility index (Phi) is 5.39. The smallest absolute Gasteiger partial charge is 0.298 e. The normalized spacial score (nSPS) is 14.8. The molecule has 0 saturated carbocycles. The summed E-state index contributed by atoms with van der Waals surface area (Å²) >= 11 is 0. The van der Waals surface area contributed by atoms with Crippen molar-refractivity contribution in [2.75, 3.05) is 18.0 Å². The number of amides is 1. The van der Waals surface area contributed by atoms with Crippen molar-refractivity contribution in [3.05, 3.63) is 78.5 Å². The first-order valence-electron chi connectivity index (χ1n) is 10.6. The van der Waals surface area contributed by atoms with Gasteiger partial charge in [-0.2, -0.15) is 4.98 Å². The summed E-state index contributed by atoms with van der Waals surface area (Å²) in [5, 5.41) is 0. The molecule has 4 aromatic rings. The monoisotopic (exact) mass is 416 g/mol. The molecule has 3 aromatic heterocycles. The quantitative estimate of drug-likeness (QED) is 0.467. The van der Waals surface area contributed by atoms with Crippen LogP contribution in [0.15, 0.2) is 76.0 Å². The number of hydrogen-bond donors (Lipinski definition) is 0. The van der Waals surface area contributed by atoms with Gasteiger partial charge in [-0.25, -0.2) is 0 Å². The molecule has 0 unspecified atom stereocenters. The molecule has 1 aliphatic heterocycles. The number of aromatic nitrogens is 2. The van der Waals surface area contributed by atoms with Gasteiger partial charge in [0.2, 0.25) is 5.91 Å². The predicted octanol–water partition coefficient (Wildman–Crippen LogP) is 4.26. The van der Waals surface area contributed by atoms with Gasteiger partial charge in [0.25, 0.3) is 6.01 Å². The van der Waals surface area contributed by atoms with Crippen LogP contribution in [0, 0.1) is 5.92 Å². The second kappa shape index (κ2) is 8.63. The molecule has 158 valence electrons. The molecule has 5 rings (SSSR count).